The van der Waals surface area contributed by atoms with Gasteiger partial charge in [0.15, 0.2) is 6.04 Å². The number of hydrogen-bond donors (Lipinski definition) is 1. The van der Waals surface area contributed by atoms with E-state index >= 15 is 0 Å². The molecule has 5 nitrogen and oxygen atoms in total. The van der Waals surface area contributed by atoms with Crippen LogP contribution in [-0.4, -0.2) is 41.6 Å². The zero-order chi connectivity index (χ0) is 13.3. The van der Waals surface area contributed by atoms with Crippen molar-refractivity contribution in [3.05, 3.63) is 33.8 Å². The minimum Gasteiger partial charge on any atom is -0.467 e. The maximum Gasteiger partial charge on any atom is 0.331 e. The largest absolute Gasteiger partial charge is 0.467 e. The van der Waals surface area contributed by atoms with Gasteiger partial charge in [0.1, 0.15) is 0 Å². The number of nitrogens with zero attached hydrogens (tertiary/aromatic N) is 1. The number of hydrogen-bond acceptors (Lipinski definition) is 4. The second kappa shape index (κ2) is 5.07. The highest BCUT2D eigenvalue weighted by Gasteiger charge is 2.36. The van der Waals surface area contributed by atoms with E-state index in [0.717, 1.165) is 10.0 Å². The van der Waals surface area contributed by atoms with Crippen molar-refractivity contribution >= 4 is 27.8 Å². The Hall–Kier alpha value is -1.40. The minimum absolute atomic E-state index is 0.268. The van der Waals surface area contributed by atoms with Gasteiger partial charge >= 0.3 is 5.97 Å². The van der Waals surface area contributed by atoms with E-state index in [9.17, 15) is 14.7 Å². The van der Waals surface area contributed by atoms with Crippen molar-refractivity contribution in [2.24, 2.45) is 0 Å². The fourth-order valence-corrected chi connectivity index (χ4v) is 2.34. The molecule has 1 aliphatic rings. The zero-order valence-electron chi connectivity index (χ0n) is 9.72. The van der Waals surface area contributed by atoms with Gasteiger partial charge in [-0.3, -0.25) is 4.79 Å². The highest BCUT2D eigenvalue weighted by atomic mass is 79.9. The number of carbonyl (C=O) groups excluding carboxylic acids is 2. The zero-order valence-corrected chi connectivity index (χ0v) is 11.3. The number of aliphatic hydroxyl groups is 1. The van der Waals surface area contributed by atoms with Crippen LogP contribution in [0.1, 0.15) is 15.9 Å². The number of ether oxygens (including phenoxy) is 1. The predicted octanol–water partition coefficient (Wildman–Crippen LogP) is 0.939. The Balaban J connectivity index is 2.30. The lowest BCUT2D eigenvalue weighted by Crippen LogP contribution is -2.44. The maximum atomic E-state index is 12.2. The third-order valence-corrected chi connectivity index (χ3v) is 3.42. The van der Waals surface area contributed by atoms with E-state index in [1.807, 2.05) is 12.1 Å². The van der Waals surface area contributed by atoms with Crippen LogP contribution < -0.4 is 0 Å². The summed E-state index contributed by atoms with van der Waals surface area (Å²) in [4.78, 5) is 25.0. The summed E-state index contributed by atoms with van der Waals surface area (Å²) in [6.45, 7) is -0.144. The molecule has 6 heteroatoms. The molecule has 1 amide bonds. The van der Waals surface area contributed by atoms with Crippen LogP contribution in [0.2, 0.25) is 0 Å². The lowest BCUT2D eigenvalue weighted by molar-refractivity contribution is -0.147. The summed E-state index contributed by atoms with van der Waals surface area (Å²) in [5, 5.41) is 9.24. The van der Waals surface area contributed by atoms with E-state index in [1.54, 1.807) is 6.07 Å². The normalized spacial score (nSPS) is 15.5. The monoisotopic (exact) mass is 313 g/mol. The Labute approximate surface area is 112 Å². The first kappa shape index (κ1) is 13.0. The lowest BCUT2D eigenvalue weighted by atomic mass is 10.1. The molecular weight excluding hydrogens is 302 g/mol. The molecule has 0 fully saturated rings. The molecule has 0 bridgehead atoms. The summed E-state index contributed by atoms with van der Waals surface area (Å²) in [7, 11) is 1.23. The van der Waals surface area contributed by atoms with Gasteiger partial charge in [0.25, 0.3) is 5.91 Å². The van der Waals surface area contributed by atoms with Crippen molar-refractivity contribution < 1.29 is 19.4 Å². The van der Waals surface area contributed by atoms with Gasteiger partial charge in [-0.15, -0.1) is 0 Å². The van der Waals surface area contributed by atoms with Crippen molar-refractivity contribution in [1.29, 1.82) is 0 Å². The maximum absolute atomic E-state index is 12.2. The second-order valence-corrected chi connectivity index (χ2v) is 4.87. The van der Waals surface area contributed by atoms with Crippen LogP contribution in [0.15, 0.2) is 22.7 Å². The molecule has 1 aromatic rings. The molecule has 0 aliphatic carbocycles. The molecule has 1 heterocycles. The molecule has 96 valence electrons. The van der Waals surface area contributed by atoms with Crippen molar-refractivity contribution in [2.75, 3.05) is 13.7 Å². The number of rotatable bonds is 3. The van der Waals surface area contributed by atoms with Crippen LogP contribution in [0, 0.1) is 0 Å². The summed E-state index contributed by atoms with van der Waals surface area (Å²) < 4.78 is 5.39. The number of halogens is 1. The minimum atomic E-state index is -0.950. The summed E-state index contributed by atoms with van der Waals surface area (Å²) in [6, 6.07) is 4.42. The fraction of sp³-hybridized carbons (Fsp3) is 0.333. The van der Waals surface area contributed by atoms with Gasteiger partial charge in [0.05, 0.1) is 13.7 Å². The van der Waals surface area contributed by atoms with Gasteiger partial charge < -0.3 is 14.7 Å². The van der Waals surface area contributed by atoms with E-state index in [-0.39, 0.29) is 5.91 Å². The first-order valence-electron chi connectivity index (χ1n) is 5.36. The number of amides is 1. The fourth-order valence-electron chi connectivity index (χ4n) is 1.98. The summed E-state index contributed by atoms with van der Waals surface area (Å²) in [6.07, 6.45) is 0. The van der Waals surface area contributed by atoms with Gasteiger partial charge in [-0.2, -0.15) is 0 Å². The van der Waals surface area contributed by atoms with Crippen LogP contribution in [0.4, 0.5) is 0 Å². The predicted molar refractivity (Wildman–Crippen MR) is 66.9 cm³/mol. The van der Waals surface area contributed by atoms with Crippen LogP contribution in [0.3, 0.4) is 0 Å². The van der Waals surface area contributed by atoms with Gasteiger partial charge in [-0.25, -0.2) is 4.79 Å². The van der Waals surface area contributed by atoms with Crippen molar-refractivity contribution in [1.82, 2.24) is 4.90 Å². The van der Waals surface area contributed by atoms with Crippen LogP contribution in [-0.2, 0) is 16.1 Å². The Morgan fingerprint density at radius 2 is 2.33 bits per heavy atom. The van der Waals surface area contributed by atoms with Gasteiger partial charge in [-0.05, 0) is 17.7 Å². The first-order valence-corrected chi connectivity index (χ1v) is 6.16. The Morgan fingerprint density at radius 3 is 2.94 bits per heavy atom. The van der Waals surface area contributed by atoms with E-state index in [2.05, 4.69) is 20.7 Å². The van der Waals surface area contributed by atoms with Crippen LogP contribution in [0.25, 0.3) is 0 Å². The molecule has 1 atom stereocenters. The second-order valence-electron chi connectivity index (χ2n) is 3.96. The van der Waals surface area contributed by atoms with E-state index in [1.165, 1.54) is 12.0 Å². The molecule has 0 saturated heterocycles. The summed E-state index contributed by atoms with van der Waals surface area (Å²) in [5.74, 6) is -0.881. The average molecular weight is 314 g/mol. The van der Waals surface area contributed by atoms with Crippen LogP contribution in [0.5, 0.6) is 0 Å². The number of fused-ring (bicyclic) bond motifs is 1. The number of carbonyl (C=O) groups is 2. The molecule has 0 radical (unpaired) electrons. The third kappa shape index (κ3) is 2.13. The van der Waals surface area contributed by atoms with Gasteiger partial charge in [0.2, 0.25) is 0 Å². The van der Waals surface area contributed by atoms with E-state index in [0.29, 0.717) is 12.1 Å². The Bertz CT molecular complexity index is 503. The molecule has 1 aromatic carbocycles. The molecular formula is C12H12BrNO4. The Morgan fingerprint density at radius 1 is 1.61 bits per heavy atom. The number of aliphatic hydroxyl groups excluding tert-OH is 1. The highest BCUT2D eigenvalue weighted by molar-refractivity contribution is 9.10. The molecule has 0 aromatic heterocycles. The van der Waals surface area contributed by atoms with Gasteiger partial charge in [-0.1, -0.05) is 22.0 Å². The molecule has 1 unspecified atom stereocenters. The molecule has 18 heavy (non-hydrogen) atoms. The number of esters is 1. The standard InChI is InChI=1S/C12H12BrNO4/c1-18-12(17)10(6-15)14-5-7-2-3-8(13)4-9(7)11(14)16/h2-4,10,15H,5-6H2,1H3. The lowest BCUT2D eigenvalue weighted by Gasteiger charge is -2.23. The Kier molecular flexibility index (Phi) is 3.68. The van der Waals surface area contributed by atoms with Gasteiger partial charge in [0, 0.05) is 16.6 Å². The van der Waals surface area contributed by atoms with Crippen molar-refractivity contribution in [3.63, 3.8) is 0 Å². The molecule has 0 saturated carbocycles. The number of benzene rings is 1. The molecule has 0 spiro atoms. The summed E-state index contributed by atoms with van der Waals surface area (Å²) in [5.41, 5.74) is 1.39. The van der Waals surface area contributed by atoms with Crippen molar-refractivity contribution in [2.45, 2.75) is 12.6 Å². The van der Waals surface area contributed by atoms with Crippen molar-refractivity contribution in [3.8, 4) is 0 Å². The average Bonchev–Trinajstić information content (AvgIpc) is 2.68. The smallest absolute Gasteiger partial charge is 0.331 e. The van der Waals surface area contributed by atoms with E-state index in [4.69, 9.17) is 0 Å². The SMILES string of the molecule is COC(=O)C(CO)N1Cc2ccc(Br)cc2C1=O. The third-order valence-electron chi connectivity index (χ3n) is 2.93. The highest BCUT2D eigenvalue weighted by Crippen LogP contribution is 2.27. The van der Waals surface area contributed by atoms with E-state index < -0.39 is 18.6 Å². The van der Waals surface area contributed by atoms with Crippen LogP contribution >= 0.6 is 15.9 Å². The first-order chi connectivity index (χ1) is 8.58. The number of methoxy groups -OCH3 is 1. The quantitative estimate of drug-likeness (QED) is 0.843. The summed E-state index contributed by atoms with van der Waals surface area (Å²) >= 11 is 3.30. The molecule has 1 aliphatic heterocycles. The topological polar surface area (TPSA) is 66.8 Å². The molecule has 2 rings (SSSR count). The molecule has 1 N–H and O–H groups in total.